The van der Waals surface area contributed by atoms with Crippen molar-refractivity contribution in [3.8, 4) is 11.8 Å². The van der Waals surface area contributed by atoms with Crippen molar-refractivity contribution < 1.29 is 13.2 Å². The minimum atomic E-state index is -4.30. The molecule has 4 heteroatoms. The fraction of sp³-hybridized carbons (Fsp3) is 0.222. The Kier molecular flexibility index (Phi) is 5.24. The van der Waals surface area contributed by atoms with Gasteiger partial charge >= 0.3 is 6.18 Å². The van der Waals surface area contributed by atoms with Gasteiger partial charge in [-0.15, -0.1) is 0 Å². The van der Waals surface area contributed by atoms with Crippen LogP contribution in [0.25, 0.3) is 0 Å². The van der Waals surface area contributed by atoms with Gasteiger partial charge in [-0.3, -0.25) is 4.90 Å². The van der Waals surface area contributed by atoms with Crippen LogP contribution in [0.15, 0.2) is 54.6 Å². The van der Waals surface area contributed by atoms with E-state index in [9.17, 15) is 13.2 Å². The van der Waals surface area contributed by atoms with E-state index in [2.05, 4.69) is 11.8 Å². The van der Waals surface area contributed by atoms with Crippen LogP contribution in [0.3, 0.4) is 0 Å². The molecule has 0 saturated heterocycles. The van der Waals surface area contributed by atoms with Crippen molar-refractivity contribution in [3.63, 3.8) is 0 Å². The van der Waals surface area contributed by atoms with E-state index in [1.165, 1.54) is 17.7 Å². The molecule has 0 aromatic heterocycles. The van der Waals surface area contributed by atoms with Gasteiger partial charge in [-0.05, 0) is 36.9 Å². The standard InChI is InChI=1S/C18H16F3N/c1-22(14-16-6-3-2-4-7-16)13-5-8-15-9-11-17(12-10-15)18(19,20)21/h2-4,6-7,9-12H,13-14H2,1H3. The van der Waals surface area contributed by atoms with Crippen LogP contribution < -0.4 is 0 Å². The molecule has 114 valence electrons. The third-order valence-corrected chi connectivity index (χ3v) is 3.09. The zero-order valence-electron chi connectivity index (χ0n) is 12.2. The molecule has 0 fully saturated rings. The molecule has 0 saturated carbocycles. The molecule has 2 aromatic carbocycles. The normalized spacial score (nSPS) is 11.1. The molecule has 2 aromatic rings. The third kappa shape index (κ3) is 4.94. The monoisotopic (exact) mass is 303 g/mol. The molecule has 0 aliphatic carbocycles. The van der Waals surface area contributed by atoms with Gasteiger partial charge in [0.25, 0.3) is 0 Å². The molecule has 0 radical (unpaired) electrons. The summed E-state index contributed by atoms with van der Waals surface area (Å²) in [5.74, 6) is 5.86. The van der Waals surface area contributed by atoms with Crippen LogP contribution in [0.1, 0.15) is 16.7 Å². The quantitative estimate of drug-likeness (QED) is 0.769. The van der Waals surface area contributed by atoms with Gasteiger partial charge in [-0.1, -0.05) is 42.2 Å². The lowest BCUT2D eigenvalue weighted by Crippen LogP contribution is -2.17. The fourth-order valence-corrected chi connectivity index (χ4v) is 1.97. The minimum absolute atomic E-state index is 0.552. The Hall–Kier alpha value is -2.25. The highest BCUT2D eigenvalue weighted by Crippen LogP contribution is 2.28. The predicted octanol–water partition coefficient (Wildman–Crippen LogP) is 4.19. The Labute approximate surface area is 128 Å². The van der Waals surface area contributed by atoms with E-state index < -0.39 is 11.7 Å². The highest BCUT2D eigenvalue weighted by atomic mass is 19.4. The van der Waals surface area contributed by atoms with Crippen molar-refractivity contribution in [1.29, 1.82) is 0 Å². The van der Waals surface area contributed by atoms with Crippen molar-refractivity contribution in [3.05, 3.63) is 71.3 Å². The second-order valence-corrected chi connectivity index (χ2v) is 5.03. The van der Waals surface area contributed by atoms with Crippen LogP contribution in [0.2, 0.25) is 0 Å². The average Bonchev–Trinajstić information content (AvgIpc) is 2.48. The van der Waals surface area contributed by atoms with Crippen molar-refractivity contribution in [2.24, 2.45) is 0 Å². The van der Waals surface area contributed by atoms with Crippen molar-refractivity contribution in [2.75, 3.05) is 13.6 Å². The molecule has 0 aliphatic rings. The summed E-state index contributed by atoms with van der Waals surface area (Å²) in [5, 5.41) is 0. The van der Waals surface area contributed by atoms with Crippen molar-refractivity contribution >= 4 is 0 Å². The van der Waals surface area contributed by atoms with Crippen LogP contribution in [-0.2, 0) is 12.7 Å². The van der Waals surface area contributed by atoms with E-state index in [0.717, 1.165) is 18.7 Å². The van der Waals surface area contributed by atoms with Crippen LogP contribution in [0, 0.1) is 11.8 Å². The van der Waals surface area contributed by atoms with E-state index >= 15 is 0 Å². The number of alkyl halides is 3. The summed E-state index contributed by atoms with van der Waals surface area (Å²) < 4.78 is 37.3. The number of nitrogens with zero attached hydrogens (tertiary/aromatic N) is 1. The number of hydrogen-bond donors (Lipinski definition) is 0. The number of halogens is 3. The SMILES string of the molecule is CN(CC#Cc1ccc(C(F)(F)F)cc1)Cc1ccccc1. The lowest BCUT2D eigenvalue weighted by Gasteiger charge is -2.12. The predicted molar refractivity (Wildman–Crippen MR) is 81.1 cm³/mol. The molecule has 0 spiro atoms. The van der Waals surface area contributed by atoms with E-state index in [0.29, 0.717) is 12.1 Å². The molecule has 0 aliphatic heterocycles. The van der Waals surface area contributed by atoms with E-state index in [4.69, 9.17) is 0 Å². The van der Waals surface area contributed by atoms with Crippen LogP contribution >= 0.6 is 0 Å². The maximum atomic E-state index is 12.4. The lowest BCUT2D eigenvalue weighted by molar-refractivity contribution is -0.137. The molecule has 0 amide bonds. The van der Waals surface area contributed by atoms with Crippen LogP contribution in [-0.4, -0.2) is 18.5 Å². The van der Waals surface area contributed by atoms with Gasteiger partial charge in [-0.2, -0.15) is 13.2 Å². The first-order valence-electron chi connectivity index (χ1n) is 6.84. The molecule has 0 bridgehead atoms. The Morgan fingerprint density at radius 1 is 0.955 bits per heavy atom. The number of hydrogen-bond acceptors (Lipinski definition) is 1. The summed E-state index contributed by atoms with van der Waals surface area (Å²) in [4.78, 5) is 2.05. The molecular formula is C18H16F3N. The summed E-state index contributed by atoms with van der Waals surface area (Å²) in [6.45, 7) is 1.33. The maximum Gasteiger partial charge on any atom is 0.416 e. The largest absolute Gasteiger partial charge is 0.416 e. The minimum Gasteiger partial charge on any atom is -0.291 e. The first-order chi connectivity index (χ1) is 10.4. The van der Waals surface area contributed by atoms with Crippen molar-refractivity contribution in [2.45, 2.75) is 12.7 Å². The second-order valence-electron chi connectivity index (χ2n) is 5.03. The van der Waals surface area contributed by atoms with Gasteiger partial charge in [0.2, 0.25) is 0 Å². The number of rotatable bonds is 3. The molecule has 2 rings (SSSR count). The Morgan fingerprint density at radius 3 is 2.18 bits per heavy atom. The highest BCUT2D eigenvalue weighted by Gasteiger charge is 2.29. The number of benzene rings is 2. The first kappa shape index (κ1) is 16.1. The van der Waals surface area contributed by atoms with Crippen LogP contribution in [0.4, 0.5) is 13.2 Å². The van der Waals surface area contributed by atoms with E-state index in [1.54, 1.807) is 0 Å². The molecule has 0 heterocycles. The molecule has 0 N–H and O–H groups in total. The molecule has 1 nitrogen and oxygen atoms in total. The first-order valence-corrected chi connectivity index (χ1v) is 6.84. The summed E-state index contributed by atoms with van der Waals surface area (Å²) in [6, 6.07) is 14.9. The van der Waals surface area contributed by atoms with E-state index in [-0.39, 0.29) is 0 Å². The molecular weight excluding hydrogens is 287 g/mol. The molecule has 0 atom stereocenters. The summed E-state index contributed by atoms with van der Waals surface area (Å²) in [6.07, 6.45) is -4.30. The van der Waals surface area contributed by atoms with Gasteiger partial charge in [0.15, 0.2) is 0 Å². The van der Waals surface area contributed by atoms with Crippen molar-refractivity contribution in [1.82, 2.24) is 4.90 Å². The summed E-state index contributed by atoms with van der Waals surface area (Å²) in [5.41, 5.74) is 1.13. The van der Waals surface area contributed by atoms with Crippen LogP contribution in [0.5, 0.6) is 0 Å². The lowest BCUT2D eigenvalue weighted by atomic mass is 10.1. The fourth-order valence-electron chi connectivity index (χ4n) is 1.97. The molecule has 22 heavy (non-hydrogen) atoms. The molecule has 0 unspecified atom stereocenters. The zero-order chi connectivity index (χ0) is 16.0. The zero-order valence-corrected chi connectivity index (χ0v) is 12.2. The average molecular weight is 303 g/mol. The van der Waals surface area contributed by atoms with Gasteiger partial charge in [0, 0.05) is 12.1 Å². The van der Waals surface area contributed by atoms with Gasteiger partial charge < -0.3 is 0 Å². The third-order valence-electron chi connectivity index (χ3n) is 3.09. The van der Waals surface area contributed by atoms with E-state index in [1.807, 2.05) is 42.3 Å². The van der Waals surface area contributed by atoms with Gasteiger partial charge in [0.1, 0.15) is 0 Å². The topological polar surface area (TPSA) is 3.24 Å². The Balaban J connectivity index is 1.91. The second kappa shape index (κ2) is 7.15. The maximum absolute atomic E-state index is 12.4. The smallest absolute Gasteiger partial charge is 0.291 e. The Morgan fingerprint density at radius 2 is 1.59 bits per heavy atom. The summed E-state index contributed by atoms with van der Waals surface area (Å²) in [7, 11) is 1.95. The summed E-state index contributed by atoms with van der Waals surface area (Å²) >= 11 is 0. The van der Waals surface area contributed by atoms with Gasteiger partial charge in [0.05, 0.1) is 12.1 Å². The van der Waals surface area contributed by atoms with Gasteiger partial charge in [-0.25, -0.2) is 0 Å². The highest BCUT2D eigenvalue weighted by molar-refractivity contribution is 5.37. The Bertz CT molecular complexity index is 649.